The second-order valence-electron chi connectivity index (χ2n) is 5.28. The van der Waals surface area contributed by atoms with Gasteiger partial charge in [-0.15, -0.1) is 0 Å². The van der Waals surface area contributed by atoms with E-state index in [1.807, 2.05) is 6.92 Å². The molecule has 1 aliphatic heterocycles. The summed E-state index contributed by atoms with van der Waals surface area (Å²) >= 11 is 6.04. The molecule has 2 rings (SSSR count). The Labute approximate surface area is 132 Å². The van der Waals surface area contributed by atoms with Gasteiger partial charge in [0.05, 0.1) is 16.3 Å². The fourth-order valence-corrected chi connectivity index (χ4v) is 2.74. The van der Waals surface area contributed by atoms with Crippen LogP contribution in [-0.4, -0.2) is 37.0 Å². The molecule has 1 heterocycles. The summed E-state index contributed by atoms with van der Waals surface area (Å²) in [4.78, 5) is 15.4. The van der Waals surface area contributed by atoms with Crippen molar-refractivity contribution in [1.82, 2.24) is 4.90 Å². The Hall–Kier alpha value is -1.43. The molecule has 7 heteroatoms. The third-order valence-electron chi connectivity index (χ3n) is 3.71. The molecule has 0 aliphatic carbocycles. The number of benzene rings is 1. The molecule has 0 radical (unpaired) electrons. The predicted molar refractivity (Wildman–Crippen MR) is 80.2 cm³/mol. The number of alkyl halides is 3. The lowest BCUT2D eigenvalue weighted by atomic mass is 10.1. The van der Waals surface area contributed by atoms with Gasteiger partial charge in [0.1, 0.15) is 0 Å². The summed E-state index contributed by atoms with van der Waals surface area (Å²) in [5.41, 5.74) is -0.338. The van der Waals surface area contributed by atoms with Crippen molar-refractivity contribution in [3.05, 3.63) is 28.8 Å². The van der Waals surface area contributed by atoms with E-state index in [1.165, 1.54) is 6.07 Å². The minimum absolute atomic E-state index is 0.0947. The highest BCUT2D eigenvalue weighted by Crippen LogP contribution is 2.35. The highest BCUT2D eigenvalue weighted by atomic mass is 35.5. The SMILES string of the molecule is CCCC(=O)N1CCN(c2cc(C(F)(F)F)ccc2Cl)CC1. The minimum atomic E-state index is -4.39. The number of anilines is 1. The average Bonchev–Trinajstić information content (AvgIpc) is 2.47. The van der Waals surface area contributed by atoms with Crippen LogP contribution in [0.15, 0.2) is 18.2 Å². The topological polar surface area (TPSA) is 23.6 Å². The van der Waals surface area contributed by atoms with Crippen LogP contribution >= 0.6 is 11.6 Å². The molecule has 0 aromatic heterocycles. The minimum Gasteiger partial charge on any atom is -0.367 e. The molecular weight excluding hydrogens is 317 g/mol. The van der Waals surface area contributed by atoms with Gasteiger partial charge in [0.25, 0.3) is 0 Å². The zero-order valence-electron chi connectivity index (χ0n) is 12.3. The first-order valence-electron chi connectivity index (χ1n) is 7.22. The van der Waals surface area contributed by atoms with Gasteiger partial charge in [-0.1, -0.05) is 18.5 Å². The Morgan fingerprint density at radius 3 is 2.41 bits per heavy atom. The molecule has 0 spiro atoms. The van der Waals surface area contributed by atoms with Crippen molar-refractivity contribution in [2.75, 3.05) is 31.1 Å². The number of carbonyl (C=O) groups excluding carboxylic acids is 1. The zero-order chi connectivity index (χ0) is 16.3. The summed E-state index contributed by atoms with van der Waals surface area (Å²) in [5, 5.41) is 0.293. The van der Waals surface area contributed by atoms with E-state index < -0.39 is 11.7 Å². The summed E-state index contributed by atoms with van der Waals surface area (Å²) in [5.74, 6) is 0.0947. The Morgan fingerprint density at radius 1 is 1.23 bits per heavy atom. The second kappa shape index (κ2) is 6.77. The van der Waals surface area contributed by atoms with Crippen LogP contribution in [0.2, 0.25) is 5.02 Å². The normalized spacial score (nSPS) is 16.0. The lowest BCUT2D eigenvalue weighted by molar-refractivity contribution is -0.137. The van der Waals surface area contributed by atoms with Gasteiger partial charge in [0.2, 0.25) is 5.91 Å². The van der Waals surface area contributed by atoms with E-state index in [9.17, 15) is 18.0 Å². The van der Waals surface area contributed by atoms with Crippen LogP contribution in [0.3, 0.4) is 0 Å². The van der Waals surface area contributed by atoms with Gasteiger partial charge in [-0.25, -0.2) is 0 Å². The molecule has 0 N–H and O–H groups in total. The number of nitrogens with zero attached hydrogens (tertiary/aromatic N) is 2. The van der Waals surface area contributed by atoms with Crippen molar-refractivity contribution < 1.29 is 18.0 Å². The Balaban J connectivity index is 2.09. The number of piperazine rings is 1. The van der Waals surface area contributed by atoms with E-state index >= 15 is 0 Å². The number of rotatable bonds is 3. The van der Waals surface area contributed by atoms with E-state index in [-0.39, 0.29) is 5.91 Å². The molecule has 0 unspecified atom stereocenters. The quantitative estimate of drug-likeness (QED) is 0.839. The van der Waals surface area contributed by atoms with Crippen LogP contribution in [0.5, 0.6) is 0 Å². The first-order valence-corrected chi connectivity index (χ1v) is 7.60. The molecule has 22 heavy (non-hydrogen) atoms. The standard InChI is InChI=1S/C15H18ClF3N2O/c1-2-3-14(22)21-8-6-20(7-9-21)13-10-11(15(17,18)19)4-5-12(13)16/h4-5,10H,2-3,6-9H2,1H3. The number of halogens is 4. The molecule has 122 valence electrons. The second-order valence-corrected chi connectivity index (χ2v) is 5.69. The Morgan fingerprint density at radius 2 is 1.86 bits per heavy atom. The molecular formula is C15H18ClF3N2O. The number of amides is 1. The summed E-state index contributed by atoms with van der Waals surface area (Å²) in [6.07, 6.45) is -3.10. The van der Waals surface area contributed by atoms with Crippen LogP contribution in [0.25, 0.3) is 0 Å². The van der Waals surface area contributed by atoms with Crippen LogP contribution in [-0.2, 0) is 11.0 Å². The molecule has 1 aromatic rings. The lowest BCUT2D eigenvalue weighted by Crippen LogP contribution is -2.48. The van der Waals surface area contributed by atoms with Crippen LogP contribution in [0, 0.1) is 0 Å². The van der Waals surface area contributed by atoms with Gasteiger partial charge in [-0.3, -0.25) is 4.79 Å². The first-order chi connectivity index (χ1) is 10.3. The number of hydrogen-bond acceptors (Lipinski definition) is 2. The van der Waals surface area contributed by atoms with E-state index in [4.69, 9.17) is 11.6 Å². The van der Waals surface area contributed by atoms with E-state index in [0.717, 1.165) is 18.6 Å². The maximum absolute atomic E-state index is 12.8. The van der Waals surface area contributed by atoms with E-state index in [2.05, 4.69) is 0 Å². The van der Waals surface area contributed by atoms with Crippen molar-refractivity contribution in [2.24, 2.45) is 0 Å². The fraction of sp³-hybridized carbons (Fsp3) is 0.533. The van der Waals surface area contributed by atoms with Crippen molar-refractivity contribution in [1.29, 1.82) is 0 Å². The van der Waals surface area contributed by atoms with Crippen molar-refractivity contribution in [2.45, 2.75) is 25.9 Å². The summed E-state index contributed by atoms with van der Waals surface area (Å²) in [6, 6.07) is 3.33. The summed E-state index contributed by atoms with van der Waals surface area (Å²) in [7, 11) is 0. The van der Waals surface area contributed by atoms with E-state index in [0.29, 0.717) is 43.3 Å². The Kier molecular flexibility index (Phi) is 5.21. The van der Waals surface area contributed by atoms with Gasteiger partial charge in [-0.2, -0.15) is 13.2 Å². The largest absolute Gasteiger partial charge is 0.416 e. The highest BCUT2D eigenvalue weighted by Gasteiger charge is 2.32. The molecule has 0 bridgehead atoms. The molecule has 1 aromatic carbocycles. The highest BCUT2D eigenvalue weighted by molar-refractivity contribution is 6.33. The van der Waals surface area contributed by atoms with Crippen molar-refractivity contribution in [3.8, 4) is 0 Å². The maximum Gasteiger partial charge on any atom is 0.416 e. The first kappa shape index (κ1) is 16.9. The molecule has 1 aliphatic rings. The summed E-state index contributed by atoms with van der Waals surface area (Å²) in [6.45, 7) is 3.92. The van der Waals surface area contributed by atoms with Crippen molar-refractivity contribution >= 4 is 23.2 Å². The maximum atomic E-state index is 12.8. The Bertz CT molecular complexity index is 540. The smallest absolute Gasteiger partial charge is 0.367 e. The summed E-state index contributed by atoms with van der Waals surface area (Å²) < 4.78 is 38.4. The third kappa shape index (κ3) is 3.85. The molecule has 0 atom stereocenters. The third-order valence-corrected chi connectivity index (χ3v) is 4.03. The molecule has 1 amide bonds. The number of carbonyl (C=O) groups is 1. The lowest BCUT2D eigenvalue weighted by Gasteiger charge is -2.36. The van der Waals surface area contributed by atoms with Gasteiger partial charge in [-0.05, 0) is 24.6 Å². The average molecular weight is 335 g/mol. The van der Waals surface area contributed by atoms with Gasteiger partial charge in [0.15, 0.2) is 0 Å². The zero-order valence-corrected chi connectivity index (χ0v) is 13.0. The monoisotopic (exact) mass is 334 g/mol. The van der Waals surface area contributed by atoms with Gasteiger partial charge in [0, 0.05) is 32.6 Å². The fourth-order valence-electron chi connectivity index (χ4n) is 2.50. The van der Waals surface area contributed by atoms with Crippen molar-refractivity contribution in [3.63, 3.8) is 0 Å². The van der Waals surface area contributed by atoms with Crippen LogP contribution < -0.4 is 4.90 Å². The predicted octanol–water partition coefficient (Wildman–Crippen LogP) is 3.81. The van der Waals surface area contributed by atoms with Crippen LogP contribution in [0.4, 0.5) is 18.9 Å². The number of hydrogen-bond donors (Lipinski definition) is 0. The molecule has 3 nitrogen and oxygen atoms in total. The van der Waals surface area contributed by atoms with Gasteiger partial charge >= 0.3 is 6.18 Å². The molecule has 1 fully saturated rings. The molecule has 0 saturated carbocycles. The molecule has 1 saturated heterocycles. The van der Waals surface area contributed by atoms with Gasteiger partial charge < -0.3 is 9.80 Å². The van der Waals surface area contributed by atoms with Crippen LogP contribution in [0.1, 0.15) is 25.3 Å². The van der Waals surface area contributed by atoms with E-state index in [1.54, 1.807) is 9.80 Å².